The first-order valence-electron chi connectivity index (χ1n) is 8.94. The van der Waals surface area contributed by atoms with E-state index >= 15 is 0 Å². The highest BCUT2D eigenvalue weighted by Crippen LogP contribution is 2.22. The van der Waals surface area contributed by atoms with E-state index in [1.165, 1.54) is 0 Å². The van der Waals surface area contributed by atoms with Gasteiger partial charge in [0, 0.05) is 0 Å². The van der Waals surface area contributed by atoms with Crippen LogP contribution in [-0.4, -0.2) is 23.6 Å². The van der Waals surface area contributed by atoms with Crippen LogP contribution in [0.2, 0.25) is 0 Å². The van der Waals surface area contributed by atoms with Crippen LogP contribution in [0.4, 0.5) is 0 Å². The third-order valence-electron chi connectivity index (χ3n) is 4.20. The molecule has 5 heteroatoms. The number of carbonyl (C=O) groups excluding carboxylic acids is 1. The summed E-state index contributed by atoms with van der Waals surface area (Å²) in [5.41, 5.74) is 2.75. The highest BCUT2D eigenvalue weighted by molar-refractivity contribution is 5.79. The fourth-order valence-corrected chi connectivity index (χ4v) is 2.94. The normalized spacial score (nSPS) is 10.5. The van der Waals surface area contributed by atoms with Gasteiger partial charge in [-0.25, -0.2) is 4.79 Å². The van der Waals surface area contributed by atoms with Gasteiger partial charge in [-0.1, -0.05) is 72.8 Å². The monoisotopic (exact) mass is 375 g/mol. The molecule has 0 saturated carbocycles. The van der Waals surface area contributed by atoms with Gasteiger partial charge in [-0.05, 0) is 28.8 Å². The Morgan fingerprint density at radius 2 is 1.46 bits per heavy atom. The van der Waals surface area contributed by atoms with Crippen LogP contribution in [-0.2, 0) is 16.0 Å². The Labute approximate surface area is 163 Å². The molecule has 3 aromatic rings. The van der Waals surface area contributed by atoms with Gasteiger partial charge in [-0.2, -0.15) is 0 Å². The van der Waals surface area contributed by atoms with Crippen molar-refractivity contribution in [2.24, 2.45) is 0 Å². The number of rotatable bonds is 8. The standard InChI is InChI=1S/C23H21NO4/c25-21(15-17-8-7-13-20(14-17)28-16-22(26)27)24-23(18-9-3-1-4-10-18)19-11-5-2-6-12-19/h1-14,23H,15-16H2,(H,24,25)(H,26,27). The molecule has 5 nitrogen and oxygen atoms in total. The summed E-state index contributed by atoms with van der Waals surface area (Å²) in [6, 6.07) is 26.3. The van der Waals surface area contributed by atoms with Crippen molar-refractivity contribution in [3.8, 4) is 5.75 Å². The molecule has 142 valence electrons. The molecular weight excluding hydrogens is 354 g/mol. The Hall–Kier alpha value is -3.60. The highest BCUT2D eigenvalue weighted by Gasteiger charge is 2.17. The van der Waals surface area contributed by atoms with Gasteiger partial charge in [0.15, 0.2) is 6.61 Å². The van der Waals surface area contributed by atoms with Gasteiger partial charge in [0.2, 0.25) is 5.91 Å². The van der Waals surface area contributed by atoms with Crippen LogP contribution in [0.25, 0.3) is 0 Å². The molecule has 28 heavy (non-hydrogen) atoms. The first-order valence-corrected chi connectivity index (χ1v) is 8.94. The summed E-state index contributed by atoms with van der Waals surface area (Å²) < 4.78 is 5.18. The van der Waals surface area contributed by atoms with Crippen molar-refractivity contribution in [3.05, 3.63) is 102 Å². The van der Waals surface area contributed by atoms with E-state index in [4.69, 9.17) is 9.84 Å². The molecule has 0 aliphatic heterocycles. The van der Waals surface area contributed by atoms with Crippen LogP contribution in [0.1, 0.15) is 22.7 Å². The van der Waals surface area contributed by atoms with E-state index < -0.39 is 12.6 Å². The lowest BCUT2D eigenvalue weighted by molar-refractivity contribution is -0.139. The number of hydrogen-bond donors (Lipinski definition) is 2. The van der Waals surface area contributed by atoms with Crippen LogP contribution in [0.15, 0.2) is 84.9 Å². The number of hydrogen-bond acceptors (Lipinski definition) is 3. The van der Waals surface area contributed by atoms with Gasteiger partial charge in [-0.3, -0.25) is 4.79 Å². The summed E-state index contributed by atoms with van der Waals surface area (Å²) in [6.07, 6.45) is 0.167. The molecule has 0 spiro atoms. The predicted octanol–water partition coefficient (Wildman–Crippen LogP) is 3.60. The largest absolute Gasteiger partial charge is 0.482 e. The number of amides is 1. The van der Waals surface area contributed by atoms with Crippen molar-refractivity contribution < 1.29 is 19.4 Å². The SMILES string of the molecule is O=C(O)COc1cccc(CC(=O)NC(c2ccccc2)c2ccccc2)c1. The van der Waals surface area contributed by atoms with E-state index in [0.29, 0.717) is 5.75 Å². The Morgan fingerprint density at radius 3 is 2.04 bits per heavy atom. The van der Waals surface area contributed by atoms with Gasteiger partial charge in [0.25, 0.3) is 0 Å². The number of nitrogens with one attached hydrogen (secondary N) is 1. The maximum Gasteiger partial charge on any atom is 0.341 e. The molecular formula is C23H21NO4. The number of ether oxygens (including phenoxy) is 1. The van der Waals surface area contributed by atoms with E-state index in [1.54, 1.807) is 18.2 Å². The molecule has 3 rings (SSSR count). The molecule has 0 aromatic heterocycles. The molecule has 0 aliphatic rings. The van der Waals surface area contributed by atoms with Gasteiger partial charge in [-0.15, -0.1) is 0 Å². The lowest BCUT2D eigenvalue weighted by Crippen LogP contribution is -2.30. The number of carboxylic acids is 1. The molecule has 0 heterocycles. The summed E-state index contributed by atoms with van der Waals surface area (Å²) >= 11 is 0. The molecule has 0 aliphatic carbocycles. The molecule has 0 unspecified atom stereocenters. The highest BCUT2D eigenvalue weighted by atomic mass is 16.5. The quantitative estimate of drug-likeness (QED) is 0.631. The van der Waals surface area contributed by atoms with E-state index in [0.717, 1.165) is 16.7 Å². The van der Waals surface area contributed by atoms with E-state index in [9.17, 15) is 9.59 Å². The second-order valence-electron chi connectivity index (χ2n) is 6.33. The van der Waals surface area contributed by atoms with Crippen molar-refractivity contribution in [2.45, 2.75) is 12.5 Å². The molecule has 0 saturated heterocycles. The minimum atomic E-state index is -1.04. The van der Waals surface area contributed by atoms with Crippen molar-refractivity contribution >= 4 is 11.9 Å². The fraction of sp³-hybridized carbons (Fsp3) is 0.130. The number of aliphatic carboxylic acids is 1. The Morgan fingerprint density at radius 1 is 0.857 bits per heavy atom. The number of benzene rings is 3. The molecule has 0 fully saturated rings. The maximum atomic E-state index is 12.7. The van der Waals surface area contributed by atoms with Gasteiger partial charge >= 0.3 is 5.97 Å². The lowest BCUT2D eigenvalue weighted by atomic mass is 9.98. The summed E-state index contributed by atoms with van der Waals surface area (Å²) in [5, 5.41) is 11.8. The predicted molar refractivity (Wildman–Crippen MR) is 106 cm³/mol. The van der Waals surface area contributed by atoms with Crippen LogP contribution < -0.4 is 10.1 Å². The summed E-state index contributed by atoms with van der Waals surface area (Å²) in [6.45, 7) is -0.417. The first-order chi connectivity index (χ1) is 13.6. The zero-order valence-electron chi connectivity index (χ0n) is 15.2. The van der Waals surface area contributed by atoms with E-state index in [1.807, 2.05) is 66.7 Å². The summed E-state index contributed by atoms with van der Waals surface area (Å²) in [4.78, 5) is 23.3. The zero-order chi connectivity index (χ0) is 19.8. The topological polar surface area (TPSA) is 75.6 Å². The first kappa shape index (κ1) is 19.2. The second kappa shape index (κ2) is 9.37. The Kier molecular flexibility index (Phi) is 6.41. The Balaban J connectivity index is 1.72. The Bertz CT molecular complexity index is 886. The van der Waals surface area contributed by atoms with Crippen LogP contribution in [0.5, 0.6) is 5.75 Å². The van der Waals surface area contributed by atoms with Gasteiger partial charge < -0.3 is 15.2 Å². The molecule has 0 radical (unpaired) electrons. The molecule has 3 aromatic carbocycles. The van der Waals surface area contributed by atoms with Crippen molar-refractivity contribution in [1.29, 1.82) is 0 Å². The lowest BCUT2D eigenvalue weighted by Gasteiger charge is -2.20. The average Bonchev–Trinajstić information content (AvgIpc) is 2.72. The summed E-state index contributed by atoms with van der Waals surface area (Å²) in [5.74, 6) is -0.750. The minimum absolute atomic E-state index is 0.131. The van der Waals surface area contributed by atoms with Crippen LogP contribution >= 0.6 is 0 Å². The maximum absolute atomic E-state index is 12.7. The second-order valence-corrected chi connectivity index (χ2v) is 6.33. The van der Waals surface area contributed by atoms with Crippen LogP contribution in [0.3, 0.4) is 0 Å². The summed E-state index contributed by atoms with van der Waals surface area (Å²) in [7, 11) is 0. The van der Waals surface area contributed by atoms with Crippen LogP contribution in [0, 0.1) is 0 Å². The third kappa shape index (κ3) is 5.45. The van der Waals surface area contributed by atoms with E-state index in [-0.39, 0.29) is 18.4 Å². The van der Waals surface area contributed by atoms with Gasteiger partial charge in [0.05, 0.1) is 12.5 Å². The molecule has 0 bridgehead atoms. The fourth-order valence-electron chi connectivity index (χ4n) is 2.94. The van der Waals surface area contributed by atoms with Gasteiger partial charge in [0.1, 0.15) is 5.75 Å². The smallest absolute Gasteiger partial charge is 0.341 e. The molecule has 2 N–H and O–H groups in total. The third-order valence-corrected chi connectivity index (χ3v) is 4.20. The molecule has 1 amide bonds. The van der Waals surface area contributed by atoms with Crippen molar-refractivity contribution in [1.82, 2.24) is 5.32 Å². The molecule has 0 atom stereocenters. The zero-order valence-corrected chi connectivity index (χ0v) is 15.2. The van der Waals surface area contributed by atoms with E-state index in [2.05, 4.69) is 5.32 Å². The average molecular weight is 375 g/mol. The van der Waals surface area contributed by atoms with Crippen molar-refractivity contribution in [3.63, 3.8) is 0 Å². The number of carbonyl (C=O) groups is 2. The van der Waals surface area contributed by atoms with Crippen molar-refractivity contribution in [2.75, 3.05) is 6.61 Å². The minimum Gasteiger partial charge on any atom is -0.482 e. The number of carboxylic acid groups (broad SMARTS) is 1.